The number of hydrogen-bond donors (Lipinski definition) is 1. The lowest BCUT2D eigenvalue weighted by atomic mass is 9.99. The molecule has 1 atom stereocenters. The highest BCUT2D eigenvalue weighted by atomic mass is 16.4. The molecule has 0 saturated carbocycles. The number of Topliss-reactive ketones (excluding diaryl/α,β-unsaturated/α-hetero) is 1. The number of likely N-dealkylation sites (tertiary alicyclic amines) is 1. The lowest BCUT2D eigenvalue weighted by Crippen LogP contribution is -2.50. The molecule has 1 aromatic rings. The predicted octanol–water partition coefficient (Wildman–Crippen LogP) is 1.25. The summed E-state index contributed by atoms with van der Waals surface area (Å²) in [6.07, 6.45) is 0.119. The van der Waals surface area contributed by atoms with Crippen molar-refractivity contribution in [1.29, 1.82) is 0 Å². The van der Waals surface area contributed by atoms with Crippen LogP contribution in [0.5, 0.6) is 0 Å². The Morgan fingerprint density at radius 1 is 1.37 bits per heavy atom. The molecule has 1 N–H and O–H groups in total. The minimum Gasteiger partial charge on any atom is -0.480 e. The first kappa shape index (κ1) is 13.3. The molecule has 2 rings (SSSR count). The number of carbonyl (C=O) groups excluding carboxylic acids is 2. The first-order valence-corrected chi connectivity index (χ1v) is 6.11. The Morgan fingerprint density at radius 2 is 2.11 bits per heavy atom. The van der Waals surface area contributed by atoms with Crippen molar-refractivity contribution in [1.82, 2.24) is 4.90 Å². The van der Waals surface area contributed by atoms with Crippen molar-refractivity contribution >= 4 is 17.7 Å². The van der Waals surface area contributed by atoms with E-state index in [1.54, 1.807) is 18.2 Å². The van der Waals surface area contributed by atoms with E-state index in [9.17, 15) is 14.4 Å². The molecule has 1 heterocycles. The van der Waals surface area contributed by atoms with Gasteiger partial charge in [-0.05, 0) is 19.1 Å². The molecule has 1 saturated heterocycles. The van der Waals surface area contributed by atoms with Gasteiger partial charge in [-0.15, -0.1) is 0 Å². The fourth-order valence-electron chi connectivity index (χ4n) is 2.24. The molecule has 1 unspecified atom stereocenters. The van der Waals surface area contributed by atoms with E-state index in [-0.39, 0.29) is 31.1 Å². The number of piperidine rings is 1. The van der Waals surface area contributed by atoms with E-state index in [1.165, 1.54) is 4.90 Å². The number of aliphatic carboxylic acids is 1. The van der Waals surface area contributed by atoms with Crippen molar-refractivity contribution in [2.45, 2.75) is 25.8 Å². The Kier molecular flexibility index (Phi) is 3.64. The zero-order chi connectivity index (χ0) is 14.0. The second kappa shape index (κ2) is 5.22. The van der Waals surface area contributed by atoms with Crippen LogP contribution in [0.2, 0.25) is 0 Å². The number of rotatable bonds is 2. The summed E-state index contributed by atoms with van der Waals surface area (Å²) in [6, 6.07) is 5.95. The van der Waals surface area contributed by atoms with E-state index in [1.807, 2.05) is 13.0 Å². The van der Waals surface area contributed by atoms with Crippen LogP contribution in [0.3, 0.4) is 0 Å². The van der Waals surface area contributed by atoms with E-state index in [2.05, 4.69) is 0 Å². The van der Waals surface area contributed by atoms with Gasteiger partial charge in [0.15, 0.2) is 0 Å². The van der Waals surface area contributed by atoms with E-state index in [0.29, 0.717) is 5.56 Å². The third-order valence-electron chi connectivity index (χ3n) is 3.24. The Hall–Kier alpha value is -2.17. The quantitative estimate of drug-likeness (QED) is 0.869. The minimum atomic E-state index is -1.13. The van der Waals surface area contributed by atoms with Gasteiger partial charge >= 0.3 is 5.97 Å². The summed E-state index contributed by atoms with van der Waals surface area (Å²) in [5.41, 5.74) is 1.39. The molecular weight excluding hydrogens is 246 g/mol. The number of carbonyl (C=O) groups is 3. The molecule has 5 nitrogen and oxygen atoms in total. The van der Waals surface area contributed by atoms with Gasteiger partial charge in [-0.2, -0.15) is 0 Å². The van der Waals surface area contributed by atoms with Crippen LogP contribution in [-0.4, -0.2) is 40.3 Å². The van der Waals surface area contributed by atoms with Crippen LogP contribution in [0, 0.1) is 6.92 Å². The largest absolute Gasteiger partial charge is 0.480 e. The summed E-state index contributed by atoms with van der Waals surface area (Å²) < 4.78 is 0. The first-order chi connectivity index (χ1) is 8.99. The maximum atomic E-state index is 12.3. The summed E-state index contributed by atoms with van der Waals surface area (Å²) in [5.74, 6) is -1.57. The van der Waals surface area contributed by atoms with Gasteiger partial charge in [0.25, 0.3) is 5.91 Å². The summed E-state index contributed by atoms with van der Waals surface area (Å²) >= 11 is 0. The number of carboxylic acid groups (broad SMARTS) is 1. The van der Waals surface area contributed by atoms with Crippen molar-refractivity contribution in [2.24, 2.45) is 0 Å². The molecule has 19 heavy (non-hydrogen) atoms. The second-order valence-electron chi connectivity index (χ2n) is 4.71. The molecule has 0 spiro atoms. The average molecular weight is 261 g/mol. The molecular formula is C14H15NO4. The van der Waals surface area contributed by atoms with Gasteiger partial charge in [0.05, 0.1) is 0 Å². The average Bonchev–Trinajstić information content (AvgIpc) is 2.37. The third kappa shape index (κ3) is 2.81. The second-order valence-corrected chi connectivity index (χ2v) is 4.71. The summed E-state index contributed by atoms with van der Waals surface area (Å²) in [5, 5.41) is 9.13. The Balaban J connectivity index is 2.26. The van der Waals surface area contributed by atoms with E-state index >= 15 is 0 Å². The van der Waals surface area contributed by atoms with E-state index in [4.69, 9.17) is 5.11 Å². The summed E-state index contributed by atoms with van der Waals surface area (Å²) in [4.78, 5) is 36.1. The minimum absolute atomic E-state index is 0.104. The Labute approximate surface area is 110 Å². The smallest absolute Gasteiger partial charge is 0.326 e. The maximum absolute atomic E-state index is 12.3. The topological polar surface area (TPSA) is 74.7 Å². The van der Waals surface area contributed by atoms with Gasteiger partial charge < -0.3 is 10.0 Å². The molecule has 1 fully saturated rings. The van der Waals surface area contributed by atoms with Gasteiger partial charge in [0, 0.05) is 24.9 Å². The highest BCUT2D eigenvalue weighted by molar-refractivity contribution is 5.99. The Morgan fingerprint density at radius 3 is 2.74 bits per heavy atom. The fourth-order valence-corrected chi connectivity index (χ4v) is 2.24. The highest BCUT2D eigenvalue weighted by Gasteiger charge is 2.35. The summed E-state index contributed by atoms with van der Waals surface area (Å²) in [7, 11) is 0. The molecule has 1 aliphatic heterocycles. The maximum Gasteiger partial charge on any atom is 0.326 e. The third-order valence-corrected chi connectivity index (χ3v) is 3.24. The molecule has 0 radical (unpaired) electrons. The highest BCUT2D eigenvalue weighted by Crippen LogP contribution is 2.18. The number of hydrogen-bond acceptors (Lipinski definition) is 3. The number of carboxylic acids is 1. The normalized spacial score (nSPS) is 19.3. The molecule has 5 heteroatoms. The van der Waals surface area contributed by atoms with Gasteiger partial charge in [-0.3, -0.25) is 9.59 Å². The molecule has 100 valence electrons. The first-order valence-electron chi connectivity index (χ1n) is 6.11. The van der Waals surface area contributed by atoms with Gasteiger partial charge in [-0.1, -0.05) is 17.7 Å². The van der Waals surface area contributed by atoms with Crippen molar-refractivity contribution in [3.8, 4) is 0 Å². The lowest BCUT2D eigenvalue weighted by molar-refractivity contribution is -0.146. The van der Waals surface area contributed by atoms with Crippen LogP contribution in [0.4, 0.5) is 0 Å². The molecule has 0 aliphatic carbocycles. The SMILES string of the molecule is Cc1cccc(C(=O)N2CCC(=O)CC2C(=O)O)c1. The predicted molar refractivity (Wildman–Crippen MR) is 67.9 cm³/mol. The number of nitrogens with zero attached hydrogens (tertiary/aromatic N) is 1. The van der Waals surface area contributed by atoms with Gasteiger partial charge in [0.2, 0.25) is 0 Å². The number of aryl methyl sites for hydroxylation is 1. The van der Waals surface area contributed by atoms with Crippen LogP contribution >= 0.6 is 0 Å². The van der Waals surface area contributed by atoms with Crippen molar-refractivity contribution in [2.75, 3.05) is 6.54 Å². The van der Waals surface area contributed by atoms with Crippen LogP contribution in [0.1, 0.15) is 28.8 Å². The van der Waals surface area contributed by atoms with E-state index < -0.39 is 12.0 Å². The van der Waals surface area contributed by atoms with Crippen LogP contribution in [-0.2, 0) is 9.59 Å². The van der Waals surface area contributed by atoms with Crippen LogP contribution < -0.4 is 0 Å². The zero-order valence-corrected chi connectivity index (χ0v) is 10.6. The standard InChI is InChI=1S/C14H15NO4/c1-9-3-2-4-10(7-9)13(17)15-6-5-11(16)8-12(15)14(18)19/h2-4,7,12H,5-6,8H2,1H3,(H,18,19). The molecule has 0 aromatic heterocycles. The van der Waals surface area contributed by atoms with Gasteiger partial charge in [-0.25, -0.2) is 4.79 Å². The Bertz CT molecular complexity index is 538. The van der Waals surface area contributed by atoms with Crippen molar-refractivity contribution in [3.05, 3.63) is 35.4 Å². The lowest BCUT2D eigenvalue weighted by Gasteiger charge is -2.32. The molecule has 1 amide bonds. The number of ketones is 1. The van der Waals surface area contributed by atoms with Crippen molar-refractivity contribution in [3.63, 3.8) is 0 Å². The molecule has 1 aromatic carbocycles. The van der Waals surface area contributed by atoms with Crippen LogP contribution in [0.15, 0.2) is 24.3 Å². The fraction of sp³-hybridized carbons (Fsp3) is 0.357. The molecule has 1 aliphatic rings. The van der Waals surface area contributed by atoms with E-state index in [0.717, 1.165) is 5.56 Å². The van der Waals surface area contributed by atoms with Gasteiger partial charge in [0.1, 0.15) is 11.8 Å². The monoisotopic (exact) mass is 261 g/mol. The van der Waals surface area contributed by atoms with Crippen molar-refractivity contribution < 1.29 is 19.5 Å². The number of benzene rings is 1. The summed E-state index contributed by atoms with van der Waals surface area (Å²) in [6.45, 7) is 2.04. The molecule has 0 bridgehead atoms. The number of amides is 1. The van der Waals surface area contributed by atoms with Crippen LogP contribution in [0.25, 0.3) is 0 Å². The zero-order valence-electron chi connectivity index (χ0n) is 10.6.